The van der Waals surface area contributed by atoms with Gasteiger partial charge in [0.15, 0.2) is 5.96 Å². The van der Waals surface area contributed by atoms with E-state index in [-0.39, 0.29) is 0 Å². The lowest BCUT2D eigenvalue weighted by molar-refractivity contribution is 0.737. The Labute approximate surface area is 140 Å². The number of aryl methyl sites for hydroxylation is 2. The predicted octanol–water partition coefficient (Wildman–Crippen LogP) is 2.81. The summed E-state index contributed by atoms with van der Waals surface area (Å²) in [7, 11) is 3.82. The van der Waals surface area contributed by atoms with Crippen molar-refractivity contribution >= 4 is 28.3 Å². The van der Waals surface area contributed by atoms with E-state index in [9.17, 15) is 0 Å². The number of fused-ring (bicyclic) bond motifs is 1. The molecule has 3 rings (SSSR count). The molecule has 0 aliphatic rings. The summed E-state index contributed by atoms with van der Waals surface area (Å²) in [4.78, 5) is 10.3. The van der Waals surface area contributed by atoms with Crippen molar-refractivity contribution in [2.24, 2.45) is 12.0 Å². The van der Waals surface area contributed by atoms with Crippen molar-refractivity contribution in [2.45, 2.75) is 20.0 Å². The molecular formula is C17H21N5S. The zero-order valence-electron chi connectivity index (χ0n) is 13.6. The molecule has 6 heteroatoms. The van der Waals surface area contributed by atoms with E-state index in [4.69, 9.17) is 0 Å². The fraction of sp³-hybridized carbons (Fsp3) is 0.294. The molecule has 0 aliphatic heterocycles. The van der Waals surface area contributed by atoms with Gasteiger partial charge < -0.3 is 15.2 Å². The Hall–Kier alpha value is -2.34. The number of thiophene rings is 1. The molecule has 0 fully saturated rings. The van der Waals surface area contributed by atoms with Gasteiger partial charge in [0.05, 0.1) is 24.1 Å². The first-order chi connectivity index (χ1) is 11.2. The molecule has 0 amide bonds. The average molecular weight is 327 g/mol. The molecule has 3 aromatic rings. The minimum absolute atomic E-state index is 0.633. The first-order valence-corrected chi connectivity index (χ1v) is 8.45. The van der Waals surface area contributed by atoms with Crippen LogP contribution in [0.3, 0.4) is 0 Å². The molecule has 0 saturated heterocycles. The Morgan fingerprint density at radius 3 is 2.70 bits per heavy atom. The molecule has 0 unspecified atom stereocenters. The van der Waals surface area contributed by atoms with Crippen LogP contribution in [0.4, 0.5) is 0 Å². The number of hydrogen-bond donors (Lipinski definition) is 2. The van der Waals surface area contributed by atoms with Crippen LogP contribution in [0, 0.1) is 6.92 Å². The van der Waals surface area contributed by atoms with E-state index in [0.29, 0.717) is 6.54 Å². The number of rotatable bonds is 4. The molecule has 0 radical (unpaired) electrons. The summed E-state index contributed by atoms with van der Waals surface area (Å²) in [5, 5.41) is 8.79. The Bertz CT molecular complexity index is 830. The predicted molar refractivity (Wildman–Crippen MR) is 96.8 cm³/mol. The van der Waals surface area contributed by atoms with Crippen LogP contribution in [0.2, 0.25) is 0 Å². The second-order valence-corrected chi connectivity index (χ2v) is 6.38. The monoisotopic (exact) mass is 327 g/mol. The highest BCUT2D eigenvalue weighted by Crippen LogP contribution is 2.15. The largest absolute Gasteiger partial charge is 0.352 e. The minimum atomic E-state index is 0.633. The Balaban J connectivity index is 1.63. The summed E-state index contributed by atoms with van der Waals surface area (Å²) < 4.78 is 2.11. The quantitative estimate of drug-likeness (QED) is 0.572. The number of aromatic nitrogens is 2. The van der Waals surface area contributed by atoms with Crippen molar-refractivity contribution < 1.29 is 0 Å². The van der Waals surface area contributed by atoms with Crippen molar-refractivity contribution in [3.63, 3.8) is 0 Å². The lowest BCUT2D eigenvalue weighted by atomic mass is 10.3. The maximum atomic E-state index is 4.66. The van der Waals surface area contributed by atoms with Gasteiger partial charge in [-0.1, -0.05) is 12.1 Å². The minimum Gasteiger partial charge on any atom is -0.352 e. The van der Waals surface area contributed by atoms with Gasteiger partial charge in [-0.3, -0.25) is 4.99 Å². The zero-order chi connectivity index (χ0) is 16.2. The van der Waals surface area contributed by atoms with Crippen LogP contribution in [-0.4, -0.2) is 22.6 Å². The number of benzene rings is 1. The molecule has 0 spiro atoms. The molecular weight excluding hydrogens is 306 g/mol. The molecule has 2 heterocycles. The Morgan fingerprint density at radius 2 is 2.00 bits per heavy atom. The van der Waals surface area contributed by atoms with Crippen LogP contribution in [0.1, 0.15) is 16.3 Å². The molecule has 120 valence electrons. The van der Waals surface area contributed by atoms with Gasteiger partial charge in [-0.2, -0.15) is 0 Å². The molecule has 23 heavy (non-hydrogen) atoms. The Kier molecular flexibility index (Phi) is 4.62. The SMILES string of the molecule is CN=C(NCc1sccc1C)NCc1nc2ccccc2n1C. The van der Waals surface area contributed by atoms with Gasteiger partial charge in [-0.05, 0) is 36.1 Å². The number of para-hydroxylation sites is 2. The average Bonchev–Trinajstić information content (AvgIpc) is 3.12. The van der Waals surface area contributed by atoms with Gasteiger partial charge >= 0.3 is 0 Å². The van der Waals surface area contributed by atoms with Crippen LogP contribution >= 0.6 is 11.3 Å². The Morgan fingerprint density at radius 1 is 1.22 bits per heavy atom. The number of nitrogens with zero attached hydrogens (tertiary/aromatic N) is 3. The van der Waals surface area contributed by atoms with Crippen LogP contribution < -0.4 is 10.6 Å². The van der Waals surface area contributed by atoms with Crippen molar-refractivity contribution in [3.8, 4) is 0 Å². The molecule has 0 atom stereocenters. The number of hydrogen-bond acceptors (Lipinski definition) is 3. The standard InChI is InChI=1S/C17H21N5S/c1-12-8-9-23-15(12)10-19-17(18-2)20-11-16-21-13-6-4-5-7-14(13)22(16)3/h4-9H,10-11H2,1-3H3,(H2,18,19,20). The lowest BCUT2D eigenvalue weighted by Crippen LogP contribution is -2.36. The maximum absolute atomic E-state index is 4.66. The highest BCUT2D eigenvalue weighted by molar-refractivity contribution is 7.10. The highest BCUT2D eigenvalue weighted by Gasteiger charge is 2.08. The van der Waals surface area contributed by atoms with Crippen molar-refractivity contribution in [1.82, 2.24) is 20.2 Å². The van der Waals surface area contributed by atoms with Gasteiger partial charge in [-0.15, -0.1) is 11.3 Å². The number of nitrogens with one attached hydrogen (secondary N) is 2. The normalized spacial score (nSPS) is 11.9. The summed E-state index contributed by atoms with van der Waals surface area (Å²) in [6.07, 6.45) is 0. The molecule has 1 aromatic carbocycles. The van der Waals surface area contributed by atoms with Crippen molar-refractivity contribution in [2.75, 3.05) is 7.05 Å². The lowest BCUT2D eigenvalue weighted by Gasteiger charge is -2.11. The van der Waals surface area contributed by atoms with E-state index >= 15 is 0 Å². The van der Waals surface area contributed by atoms with Crippen molar-refractivity contribution in [1.29, 1.82) is 0 Å². The van der Waals surface area contributed by atoms with Gasteiger partial charge in [0.25, 0.3) is 0 Å². The summed E-state index contributed by atoms with van der Waals surface area (Å²) in [6.45, 7) is 3.54. The van der Waals surface area contributed by atoms with Crippen LogP contribution in [0.25, 0.3) is 11.0 Å². The van der Waals surface area contributed by atoms with E-state index in [1.165, 1.54) is 10.4 Å². The van der Waals surface area contributed by atoms with Crippen molar-refractivity contribution in [3.05, 3.63) is 52.0 Å². The summed E-state index contributed by atoms with van der Waals surface area (Å²) >= 11 is 1.76. The van der Waals surface area contributed by atoms with Crippen LogP contribution in [-0.2, 0) is 20.1 Å². The van der Waals surface area contributed by atoms with E-state index in [1.54, 1.807) is 18.4 Å². The highest BCUT2D eigenvalue weighted by atomic mass is 32.1. The molecule has 0 bridgehead atoms. The second kappa shape index (κ2) is 6.83. The van der Waals surface area contributed by atoms with E-state index in [2.05, 4.69) is 49.6 Å². The summed E-state index contributed by atoms with van der Waals surface area (Å²) in [5.74, 6) is 1.77. The first kappa shape index (κ1) is 15.6. The number of imidazole rings is 1. The third-order valence-electron chi connectivity index (χ3n) is 3.90. The number of guanidine groups is 1. The van der Waals surface area contributed by atoms with Gasteiger partial charge in [0, 0.05) is 19.0 Å². The first-order valence-electron chi connectivity index (χ1n) is 7.57. The molecule has 2 N–H and O–H groups in total. The summed E-state index contributed by atoms with van der Waals surface area (Å²) in [5.41, 5.74) is 3.47. The van der Waals surface area contributed by atoms with Crippen LogP contribution in [0.5, 0.6) is 0 Å². The third-order valence-corrected chi connectivity index (χ3v) is 4.92. The topological polar surface area (TPSA) is 54.2 Å². The molecule has 5 nitrogen and oxygen atoms in total. The van der Waals surface area contributed by atoms with Gasteiger partial charge in [-0.25, -0.2) is 4.98 Å². The maximum Gasteiger partial charge on any atom is 0.191 e. The zero-order valence-corrected chi connectivity index (χ0v) is 14.4. The fourth-order valence-electron chi connectivity index (χ4n) is 2.49. The third kappa shape index (κ3) is 3.37. The smallest absolute Gasteiger partial charge is 0.191 e. The second-order valence-electron chi connectivity index (χ2n) is 5.38. The van der Waals surface area contributed by atoms with E-state index in [1.807, 2.05) is 25.2 Å². The molecule has 0 aliphatic carbocycles. The number of aliphatic imine (C=N–C) groups is 1. The van der Waals surface area contributed by atoms with Gasteiger partial charge in [0.2, 0.25) is 0 Å². The molecule has 2 aromatic heterocycles. The fourth-order valence-corrected chi connectivity index (χ4v) is 3.33. The van der Waals surface area contributed by atoms with E-state index in [0.717, 1.165) is 29.4 Å². The molecule has 0 saturated carbocycles. The summed E-state index contributed by atoms with van der Waals surface area (Å²) in [6, 6.07) is 10.3. The van der Waals surface area contributed by atoms with E-state index < -0.39 is 0 Å². The van der Waals surface area contributed by atoms with Gasteiger partial charge in [0.1, 0.15) is 5.82 Å². The van der Waals surface area contributed by atoms with Crippen LogP contribution in [0.15, 0.2) is 40.7 Å².